The van der Waals surface area contributed by atoms with Crippen molar-refractivity contribution in [1.29, 1.82) is 0 Å². The Morgan fingerprint density at radius 1 is 1.35 bits per heavy atom. The summed E-state index contributed by atoms with van der Waals surface area (Å²) in [5.41, 5.74) is 6.75. The molecule has 2 aromatic rings. The van der Waals surface area contributed by atoms with Gasteiger partial charge < -0.3 is 15.8 Å². The number of hydrogen-bond acceptors (Lipinski definition) is 6. The van der Waals surface area contributed by atoms with E-state index in [1.54, 1.807) is 14.0 Å². The van der Waals surface area contributed by atoms with Crippen molar-refractivity contribution in [3.05, 3.63) is 16.3 Å². The Hall–Kier alpha value is -1.73. The van der Waals surface area contributed by atoms with E-state index in [0.29, 0.717) is 23.1 Å². The second-order valence-corrected chi connectivity index (χ2v) is 7.69. The Bertz CT molecular complexity index is 734. The summed E-state index contributed by atoms with van der Waals surface area (Å²) in [5, 5.41) is 3.72. The first-order valence-corrected chi connectivity index (χ1v) is 8.31. The number of anilines is 1. The van der Waals surface area contributed by atoms with Gasteiger partial charge in [0, 0.05) is 13.7 Å². The minimum absolute atomic E-state index is 0.0513. The highest BCUT2D eigenvalue weighted by molar-refractivity contribution is 7.20. The van der Waals surface area contributed by atoms with Crippen molar-refractivity contribution in [2.24, 2.45) is 5.41 Å². The third-order valence-corrected chi connectivity index (χ3v) is 5.02. The van der Waals surface area contributed by atoms with Gasteiger partial charge in [-0.1, -0.05) is 20.8 Å². The highest BCUT2D eigenvalue weighted by Crippen LogP contribution is 2.32. The van der Waals surface area contributed by atoms with Crippen LogP contribution in [0, 0.1) is 19.3 Å². The van der Waals surface area contributed by atoms with Gasteiger partial charge in [-0.05, 0) is 24.8 Å². The predicted molar refractivity (Wildman–Crippen MR) is 93.9 cm³/mol. The van der Waals surface area contributed by atoms with E-state index in [0.717, 1.165) is 15.8 Å². The number of amides is 1. The minimum Gasteiger partial charge on any atom is -0.383 e. The lowest BCUT2D eigenvalue weighted by atomic mass is 9.89. The maximum atomic E-state index is 12.5. The van der Waals surface area contributed by atoms with Crippen molar-refractivity contribution in [1.82, 2.24) is 15.3 Å². The lowest BCUT2D eigenvalue weighted by Crippen LogP contribution is -2.40. The molecule has 7 heteroatoms. The molecule has 2 heterocycles. The van der Waals surface area contributed by atoms with E-state index in [-0.39, 0.29) is 17.4 Å². The van der Waals surface area contributed by atoms with Crippen LogP contribution in [0.25, 0.3) is 10.2 Å². The summed E-state index contributed by atoms with van der Waals surface area (Å²) in [7, 11) is 1.66. The standard InChI is InChI=1S/C16H24N4O2S/c1-8-11-13(17)19-9(2)20-15(11)23-12(8)14(21)18-7-10(22-6)16(3,4)5/h10H,7H2,1-6H3,(H,18,21)(H2,17,19,20). The fourth-order valence-corrected chi connectivity index (χ4v) is 3.66. The molecular weight excluding hydrogens is 312 g/mol. The molecule has 2 rings (SSSR count). The van der Waals surface area contributed by atoms with Crippen LogP contribution in [0.5, 0.6) is 0 Å². The maximum absolute atomic E-state index is 12.5. The van der Waals surface area contributed by atoms with Crippen LogP contribution in [0.3, 0.4) is 0 Å². The molecule has 2 aromatic heterocycles. The number of nitrogens with two attached hydrogens (primary N) is 1. The van der Waals surface area contributed by atoms with Gasteiger partial charge in [-0.25, -0.2) is 9.97 Å². The van der Waals surface area contributed by atoms with Crippen molar-refractivity contribution in [2.75, 3.05) is 19.4 Å². The number of carbonyl (C=O) groups excluding carboxylic acids is 1. The Morgan fingerprint density at radius 2 is 2.00 bits per heavy atom. The second-order valence-electron chi connectivity index (χ2n) is 6.69. The van der Waals surface area contributed by atoms with E-state index in [4.69, 9.17) is 10.5 Å². The van der Waals surface area contributed by atoms with Gasteiger partial charge in [0.15, 0.2) is 0 Å². The number of aryl methyl sites for hydroxylation is 2. The maximum Gasteiger partial charge on any atom is 0.261 e. The molecule has 0 fully saturated rings. The number of methoxy groups -OCH3 is 1. The Balaban J connectivity index is 2.25. The summed E-state index contributed by atoms with van der Waals surface area (Å²) in [4.78, 5) is 22.5. The Kier molecular flexibility index (Phi) is 4.91. The van der Waals surface area contributed by atoms with Gasteiger partial charge in [-0.15, -0.1) is 11.3 Å². The molecule has 0 saturated heterocycles. The summed E-state index contributed by atoms with van der Waals surface area (Å²) in [6, 6.07) is 0. The summed E-state index contributed by atoms with van der Waals surface area (Å²) >= 11 is 1.34. The summed E-state index contributed by atoms with van der Waals surface area (Å²) < 4.78 is 5.47. The molecule has 0 radical (unpaired) electrons. The molecule has 1 atom stereocenters. The third kappa shape index (κ3) is 3.61. The number of ether oxygens (including phenoxy) is 1. The van der Waals surface area contributed by atoms with E-state index in [9.17, 15) is 4.79 Å². The average molecular weight is 336 g/mol. The molecular formula is C16H24N4O2S. The second kappa shape index (κ2) is 6.41. The lowest BCUT2D eigenvalue weighted by molar-refractivity contribution is 0.0176. The smallest absolute Gasteiger partial charge is 0.261 e. The molecule has 0 bridgehead atoms. The number of thiophene rings is 1. The number of fused-ring (bicyclic) bond motifs is 1. The van der Waals surface area contributed by atoms with Crippen LogP contribution in [0.15, 0.2) is 0 Å². The molecule has 0 aliphatic rings. The number of nitrogen functional groups attached to an aromatic ring is 1. The van der Waals surface area contributed by atoms with Crippen LogP contribution in [0.1, 0.15) is 41.8 Å². The highest BCUT2D eigenvalue weighted by Gasteiger charge is 2.26. The monoisotopic (exact) mass is 336 g/mol. The van der Waals surface area contributed by atoms with Gasteiger partial charge in [0.1, 0.15) is 16.5 Å². The van der Waals surface area contributed by atoms with E-state index in [2.05, 4.69) is 36.1 Å². The van der Waals surface area contributed by atoms with Gasteiger partial charge in [0.2, 0.25) is 0 Å². The minimum atomic E-state index is -0.131. The van der Waals surface area contributed by atoms with Crippen molar-refractivity contribution in [2.45, 2.75) is 40.7 Å². The molecule has 1 unspecified atom stereocenters. The van der Waals surface area contributed by atoms with Crippen LogP contribution in [0.2, 0.25) is 0 Å². The van der Waals surface area contributed by atoms with Crippen LogP contribution in [0.4, 0.5) is 5.82 Å². The number of rotatable bonds is 4. The van der Waals surface area contributed by atoms with Gasteiger partial charge in [0.05, 0.1) is 16.4 Å². The Labute approximate surface area is 140 Å². The van der Waals surface area contributed by atoms with Gasteiger partial charge in [-0.2, -0.15) is 0 Å². The SMILES string of the molecule is COC(CNC(=O)c1sc2nc(C)nc(N)c2c1C)C(C)(C)C. The molecule has 0 aliphatic heterocycles. The van der Waals surface area contributed by atoms with Crippen molar-refractivity contribution in [3.63, 3.8) is 0 Å². The number of carbonyl (C=O) groups is 1. The normalized spacial score (nSPS) is 13.3. The molecule has 6 nitrogen and oxygen atoms in total. The first-order valence-electron chi connectivity index (χ1n) is 7.49. The van der Waals surface area contributed by atoms with Crippen LogP contribution in [-0.2, 0) is 4.74 Å². The Morgan fingerprint density at radius 3 is 2.57 bits per heavy atom. The first-order chi connectivity index (χ1) is 10.6. The van der Waals surface area contributed by atoms with E-state index < -0.39 is 0 Å². The highest BCUT2D eigenvalue weighted by atomic mass is 32.1. The fourth-order valence-electron chi connectivity index (χ4n) is 2.51. The summed E-state index contributed by atoms with van der Waals surface area (Å²) in [6.45, 7) is 10.4. The number of nitrogens with one attached hydrogen (secondary N) is 1. The van der Waals surface area contributed by atoms with Crippen molar-refractivity contribution < 1.29 is 9.53 Å². The van der Waals surface area contributed by atoms with Crippen molar-refractivity contribution in [3.8, 4) is 0 Å². The predicted octanol–water partition coefficient (Wildman–Crippen LogP) is 2.68. The molecule has 0 aliphatic carbocycles. The molecule has 0 aromatic carbocycles. The zero-order valence-electron chi connectivity index (χ0n) is 14.5. The number of aromatic nitrogens is 2. The topological polar surface area (TPSA) is 90.1 Å². The fraction of sp³-hybridized carbons (Fsp3) is 0.562. The zero-order valence-corrected chi connectivity index (χ0v) is 15.3. The summed E-state index contributed by atoms with van der Waals surface area (Å²) in [5.74, 6) is 0.897. The summed E-state index contributed by atoms with van der Waals surface area (Å²) in [6.07, 6.45) is -0.0618. The van der Waals surface area contributed by atoms with E-state index in [1.165, 1.54) is 11.3 Å². The van der Waals surface area contributed by atoms with E-state index in [1.807, 2.05) is 6.92 Å². The van der Waals surface area contributed by atoms with Crippen LogP contribution in [-0.4, -0.2) is 35.6 Å². The quantitative estimate of drug-likeness (QED) is 0.896. The first kappa shape index (κ1) is 17.6. The number of nitrogens with zero attached hydrogens (tertiary/aromatic N) is 2. The average Bonchev–Trinajstić information content (AvgIpc) is 2.74. The number of hydrogen-bond donors (Lipinski definition) is 2. The molecule has 1 amide bonds. The van der Waals surface area contributed by atoms with Gasteiger partial charge in [-0.3, -0.25) is 4.79 Å². The van der Waals surface area contributed by atoms with Crippen molar-refractivity contribution >= 4 is 33.3 Å². The zero-order chi connectivity index (χ0) is 17.4. The third-order valence-electron chi connectivity index (χ3n) is 3.83. The van der Waals surface area contributed by atoms with Gasteiger partial charge >= 0.3 is 0 Å². The van der Waals surface area contributed by atoms with Crippen LogP contribution >= 0.6 is 11.3 Å². The molecule has 23 heavy (non-hydrogen) atoms. The molecule has 3 N–H and O–H groups in total. The molecule has 0 spiro atoms. The molecule has 0 saturated carbocycles. The van der Waals surface area contributed by atoms with E-state index >= 15 is 0 Å². The van der Waals surface area contributed by atoms with Crippen LogP contribution < -0.4 is 11.1 Å². The largest absolute Gasteiger partial charge is 0.383 e. The van der Waals surface area contributed by atoms with Gasteiger partial charge in [0.25, 0.3) is 5.91 Å². The lowest BCUT2D eigenvalue weighted by Gasteiger charge is -2.29. The molecule has 126 valence electrons.